The first-order valence-electron chi connectivity index (χ1n) is 11.0. The molecule has 2 fully saturated rings. The first-order valence-corrected chi connectivity index (χ1v) is 11.9. The van der Waals surface area contributed by atoms with Crippen LogP contribution in [0.3, 0.4) is 0 Å². The van der Waals surface area contributed by atoms with Gasteiger partial charge in [0.2, 0.25) is 11.8 Å². The molecule has 33 heavy (non-hydrogen) atoms. The van der Waals surface area contributed by atoms with Crippen molar-refractivity contribution < 1.29 is 9.53 Å². The number of aromatic nitrogens is 4. The molecule has 2 amide bonds. The van der Waals surface area contributed by atoms with Crippen molar-refractivity contribution in [2.45, 2.75) is 32.4 Å². The summed E-state index contributed by atoms with van der Waals surface area (Å²) in [6, 6.07) is 1.76. The number of hydrogen-bond acceptors (Lipinski definition) is 10. The van der Waals surface area contributed by atoms with Gasteiger partial charge in [0.25, 0.3) is 0 Å². The molecule has 2 saturated heterocycles. The highest BCUT2D eigenvalue weighted by molar-refractivity contribution is 7.16. The highest BCUT2D eigenvalue weighted by Crippen LogP contribution is 2.29. The fraction of sp³-hybridized carbons (Fsp3) is 0.476. The van der Waals surface area contributed by atoms with Crippen molar-refractivity contribution in [1.29, 1.82) is 0 Å². The van der Waals surface area contributed by atoms with E-state index in [-0.39, 0.29) is 24.1 Å². The van der Waals surface area contributed by atoms with E-state index in [0.29, 0.717) is 31.2 Å². The molecule has 0 aromatic carbocycles. The third-order valence-corrected chi connectivity index (χ3v) is 6.73. The van der Waals surface area contributed by atoms with Crippen LogP contribution in [0.25, 0.3) is 10.3 Å². The number of urea groups is 1. The number of nitrogens with two attached hydrogens (primary N) is 1. The van der Waals surface area contributed by atoms with E-state index in [1.54, 1.807) is 16.6 Å². The number of fused-ring (bicyclic) bond motifs is 1. The van der Waals surface area contributed by atoms with Crippen LogP contribution >= 0.6 is 11.3 Å². The molecule has 2 aliphatic heterocycles. The Labute approximate surface area is 195 Å². The number of nitrogen functional groups attached to an aromatic ring is 1. The van der Waals surface area contributed by atoms with Crippen molar-refractivity contribution in [3.8, 4) is 5.88 Å². The topological polar surface area (TPSA) is 134 Å². The van der Waals surface area contributed by atoms with Crippen LogP contribution in [0, 0.1) is 6.92 Å². The molecule has 3 aromatic heterocycles. The van der Waals surface area contributed by atoms with E-state index in [4.69, 9.17) is 10.5 Å². The van der Waals surface area contributed by atoms with Crippen LogP contribution in [0.1, 0.15) is 18.9 Å². The molecule has 5 rings (SSSR count). The average molecular weight is 470 g/mol. The Kier molecular flexibility index (Phi) is 5.85. The highest BCUT2D eigenvalue weighted by Gasteiger charge is 2.30. The fourth-order valence-corrected chi connectivity index (χ4v) is 4.90. The summed E-state index contributed by atoms with van der Waals surface area (Å²) < 4.78 is 5.91. The van der Waals surface area contributed by atoms with Crippen LogP contribution in [-0.4, -0.2) is 75.7 Å². The molecule has 0 radical (unpaired) electrons. The molecule has 5 heterocycles. The van der Waals surface area contributed by atoms with Crippen LogP contribution < -0.4 is 26.0 Å². The second-order valence-electron chi connectivity index (χ2n) is 8.40. The monoisotopic (exact) mass is 469 g/mol. The van der Waals surface area contributed by atoms with Gasteiger partial charge in [0.05, 0.1) is 17.4 Å². The summed E-state index contributed by atoms with van der Waals surface area (Å²) in [6.45, 7) is 7.51. The zero-order chi connectivity index (χ0) is 22.9. The van der Waals surface area contributed by atoms with E-state index in [9.17, 15) is 4.79 Å². The molecule has 0 aliphatic carbocycles. The Morgan fingerprint density at radius 3 is 2.97 bits per heavy atom. The maximum absolute atomic E-state index is 13.0. The summed E-state index contributed by atoms with van der Waals surface area (Å²) in [5.41, 5.74) is 9.99. The summed E-state index contributed by atoms with van der Waals surface area (Å²) >= 11 is 1.44. The summed E-state index contributed by atoms with van der Waals surface area (Å²) in [5.74, 6) is 1.53. The van der Waals surface area contributed by atoms with Gasteiger partial charge in [-0.15, -0.1) is 11.3 Å². The molecular weight excluding hydrogens is 442 g/mol. The maximum atomic E-state index is 13.0. The van der Waals surface area contributed by atoms with Gasteiger partial charge in [0.1, 0.15) is 11.6 Å². The van der Waals surface area contributed by atoms with Crippen LogP contribution in [-0.2, 0) is 0 Å². The van der Waals surface area contributed by atoms with Crippen molar-refractivity contribution >= 4 is 45.2 Å². The lowest BCUT2D eigenvalue weighted by Gasteiger charge is -2.40. The SMILES string of the molecule is Cc1cc(OC2CCNC2)ncc1NC(=O)N1CCN(c2nc(N)nc3scnc23)C(C)C1. The van der Waals surface area contributed by atoms with Gasteiger partial charge >= 0.3 is 6.03 Å². The number of carbonyl (C=O) groups is 1. The summed E-state index contributed by atoms with van der Waals surface area (Å²) in [5, 5.41) is 6.27. The molecule has 0 saturated carbocycles. The van der Waals surface area contributed by atoms with Gasteiger partial charge in [0, 0.05) is 38.3 Å². The number of thiazole rings is 1. The number of piperazine rings is 1. The van der Waals surface area contributed by atoms with E-state index in [2.05, 4.69) is 42.4 Å². The van der Waals surface area contributed by atoms with Crippen LogP contribution in [0.15, 0.2) is 17.8 Å². The zero-order valence-electron chi connectivity index (χ0n) is 18.6. The number of rotatable bonds is 4. The van der Waals surface area contributed by atoms with Crippen molar-refractivity contribution in [1.82, 2.24) is 30.2 Å². The molecule has 4 N–H and O–H groups in total. The lowest BCUT2D eigenvalue weighted by molar-refractivity contribution is 0.200. The predicted octanol–water partition coefficient (Wildman–Crippen LogP) is 1.86. The molecule has 0 spiro atoms. The normalized spacial score (nSPS) is 20.9. The lowest BCUT2D eigenvalue weighted by atomic mass is 10.2. The summed E-state index contributed by atoms with van der Waals surface area (Å²) in [7, 11) is 0. The summed E-state index contributed by atoms with van der Waals surface area (Å²) in [4.78, 5) is 35.2. The van der Waals surface area contributed by atoms with E-state index < -0.39 is 0 Å². The Balaban J connectivity index is 1.23. The number of anilines is 3. The van der Waals surface area contributed by atoms with E-state index in [1.165, 1.54) is 11.3 Å². The minimum atomic E-state index is -0.152. The molecule has 12 heteroatoms. The molecule has 2 aliphatic rings. The number of amides is 2. The molecule has 11 nitrogen and oxygen atoms in total. The van der Waals surface area contributed by atoms with E-state index in [1.807, 2.05) is 13.0 Å². The Morgan fingerprint density at radius 1 is 1.33 bits per heavy atom. The van der Waals surface area contributed by atoms with Gasteiger partial charge in [-0.05, 0) is 32.4 Å². The first-order chi connectivity index (χ1) is 16.0. The Morgan fingerprint density at radius 2 is 2.21 bits per heavy atom. The number of pyridine rings is 1. The number of ether oxygens (including phenoxy) is 1. The minimum absolute atomic E-state index is 0.0405. The number of nitrogens with one attached hydrogen (secondary N) is 2. The quantitative estimate of drug-likeness (QED) is 0.523. The average Bonchev–Trinajstić information content (AvgIpc) is 3.47. The van der Waals surface area contributed by atoms with Gasteiger partial charge in [-0.25, -0.2) is 19.7 Å². The van der Waals surface area contributed by atoms with Gasteiger partial charge < -0.3 is 30.9 Å². The van der Waals surface area contributed by atoms with E-state index >= 15 is 0 Å². The molecule has 174 valence electrons. The lowest BCUT2D eigenvalue weighted by Crippen LogP contribution is -2.55. The third kappa shape index (κ3) is 4.48. The molecule has 2 atom stereocenters. The first kappa shape index (κ1) is 21.6. The van der Waals surface area contributed by atoms with Crippen molar-refractivity contribution in [3.05, 3.63) is 23.3 Å². The van der Waals surface area contributed by atoms with Gasteiger partial charge in [-0.3, -0.25) is 0 Å². The van der Waals surface area contributed by atoms with Gasteiger partial charge in [0.15, 0.2) is 10.6 Å². The van der Waals surface area contributed by atoms with Crippen molar-refractivity contribution in [2.75, 3.05) is 48.7 Å². The van der Waals surface area contributed by atoms with Crippen LogP contribution in [0.2, 0.25) is 0 Å². The molecular formula is C21H27N9O2S. The Bertz CT molecular complexity index is 1160. The second kappa shape index (κ2) is 8.94. The smallest absolute Gasteiger partial charge is 0.322 e. The maximum Gasteiger partial charge on any atom is 0.322 e. The number of nitrogens with zero attached hydrogens (tertiary/aromatic N) is 6. The standard InChI is InChI=1S/C21H27N9O2S/c1-12-7-16(32-14-3-4-23-8-14)24-9-15(12)26-21(31)29-5-6-30(13(2)10-29)18-17-19(33-11-25-17)28-20(22)27-18/h7,9,11,13-14,23H,3-6,8,10H2,1-2H3,(H,26,31)(H2,22,27,28). The zero-order valence-corrected chi connectivity index (χ0v) is 19.4. The number of hydrogen-bond donors (Lipinski definition) is 3. The Hall–Kier alpha value is -3.25. The molecule has 3 aromatic rings. The number of aryl methyl sites for hydroxylation is 1. The number of carbonyl (C=O) groups excluding carboxylic acids is 1. The van der Waals surface area contributed by atoms with Crippen molar-refractivity contribution in [2.24, 2.45) is 0 Å². The van der Waals surface area contributed by atoms with Crippen molar-refractivity contribution in [3.63, 3.8) is 0 Å². The minimum Gasteiger partial charge on any atom is -0.473 e. The second-order valence-corrected chi connectivity index (χ2v) is 9.23. The predicted molar refractivity (Wildman–Crippen MR) is 128 cm³/mol. The molecule has 2 unspecified atom stereocenters. The largest absolute Gasteiger partial charge is 0.473 e. The fourth-order valence-electron chi connectivity index (χ4n) is 4.24. The van der Waals surface area contributed by atoms with Gasteiger partial charge in [-0.2, -0.15) is 4.98 Å². The summed E-state index contributed by atoms with van der Waals surface area (Å²) in [6.07, 6.45) is 2.78. The van der Waals surface area contributed by atoms with Crippen LogP contribution in [0.5, 0.6) is 5.88 Å². The van der Waals surface area contributed by atoms with Gasteiger partial charge in [-0.1, -0.05) is 0 Å². The highest BCUT2D eigenvalue weighted by atomic mass is 32.1. The van der Waals surface area contributed by atoms with E-state index in [0.717, 1.165) is 41.2 Å². The third-order valence-electron chi connectivity index (χ3n) is 6.01. The van der Waals surface area contributed by atoms with Crippen LogP contribution in [0.4, 0.5) is 22.2 Å². The molecule has 0 bridgehead atoms.